The Morgan fingerprint density at radius 1 is 1.04 bits per heavy atom. The van der Waals surface area contributed by atoms with Crippen molar-refractivity contribution in [2.75, 3.05) is 18.0 Å². The van der Waals surface area contributed by atoms with Gasteiger partial charge in [-0.3, -0.25) is 0 Å². The largest absolute Gasteiger partial charge is 0.356 e. The molecule has 2 aromatic heterocycles. The van der Waals surface area contributed by atoms with Crippen LogP contribution >= 0.6 is 11.3 Å². The number of rotatable bonds is 3. The molecule has 4 rings (SSSR count). The highest BCUT2D eigenvalue weighted by Crippen LogP contribution is 2.38. The first-order chi connectivity index (χ1) is 11.2. The predicted molar refractivity (Wildman–Crippen MR) is 98.4 cm³/mol. The second-order valence-corrected chi connectivity index (χ2v) is 7.36. The van der Waals surface area contributed by atoms with Crippen molar-refractivity contribution in [1.82, 2.24) is 9.97 Å². The molecule has 0 spiro atoms. The molecule has 0 radical (unpaired) electrons. The van der Waals surface area contributed by atoms with Crippen LogP contribution in [-0.2, 0) is 0 Å². The second kappa shape index (κ2) is 5.93. The van der Waals surface area contributed by atoms with Crippen LogP contribution in [0.25, 0.3) is 21.3 Å². The molecule has 1 aromatic carbocycles. The first-order valence-electron chi connectivity index (χ1n) is 8.31. The van der Waals surface area contributed by atoms with Gasteiger partial charge in [0.1, 0.15) is 17.0 Å². The van der Waals surface area contributed by atoms with Gasteiger partial charge >= 0.3 is 0 Å². The zero-order valence-corrected chi connectivity index (χ0v) is 14.4. The van der Waals surface area contributed by atoms with Gasteiger partial charge in [0.05, 0.1) is 5.39 Å². The maximum atomic E-state index is 4.61. The van der Waals surface area contributed by atoms with Gasteiger partial charge < -0.3 is 4.90 Å². The number of thiophene rings is 1. The fraction of sp³-hybridized carbons (Fsp3) is 0.368. The Bertz CT molecular complexity index is 814. The van der Waals surface area contributed by atoms with Crippen molar-refractivity contribution >= 4 is 27.4 Å². The molecular formula is C19H21N3S. The zero-order chi connectivity index (χ0) is 15.8. The maximum Gasteiger partial charge on any atom is 0.141 e. The minimum atomic E-state index is 0.562. The second-order valence-electron chi connectivity index (χ2n) is 6.50. The van der Waals surface area contributed by atoms with Gasteiger partial charge in [0, 0.05) is 24.0 Å². The van der Waals surface area contributed by atoms with Crippen LogP contribution in [0.2, 0.25) is 0 Å². The van der Waals surface area contributed by atoms with E-state index >= 15 is 0 Å². The Labute approximate surface area is 141 Å². The first-order valence-corrected chi connectivity index (χ1v) is 9.19. The first kappa shape index (κ1) is 14.6. The minimum absolute atomic E-state index is 0.562. The fourth-order valence-electron chi connectivity index (χ4n) is 3.29. The van der Waals surface area contributed by atoms with E-state index in [1.807, 2.05) is 0 Å². The lowest BCUT2D eigenvalue weighted by atomic mass is 9.99. The molecule has 23 heavy (non-hydrogen) atoms. The molecule has 1 fully saturated rings. The number of hydrogen-bond donors (Lipinski definition) is 0. The summed E-state index contributed by atoms with van der Waals surface area (Å²) in [5.74, 6) is 1.67. The van der Waals surface area contributed by atoms with E-state index in [2.05, 4.69) is 58.4 Å². The smallest absolute Gasteiger partial charge is 0.141 e. The number of hydrogen-bond acceptors (Lipinski definition) is 4. The summed E-state index contributed by atoms with van der Waals surface area (Å²) >= 11 is 1.71. The van der Waals surface area contributed by atoms with Crippen molar-refractivity contribution in [3.8, 4) is 11.1 Å². The van der Waals surface area contributed by atoms with E-state index in [0.29, 0.717) is 5.92 Å². The summed E-state index contributed by atoms with van der Waals surface area (Å²) in [4.78, 5) is 12.6. The van der Waals surface area contributed by atoms with Crippen LogP contribution in [0.4, 0.5) is 5.82 Å². The molecule has 3 nitrogen and oxygen atoms in total. The van der Waals surface area contributed by atoms with Gasteiger partial charge in [-0.25, -0.2) is 9.97 Å². The van der Waals surface area contributed by atoms with E-state index in [1.54, 1.807) is 17.7 Å². The van der Waals surface area contributed by atoms with Gasteiger partial charge in [-0.2, -0.15) is 0 Å². The minimum Gasteiger partial charge on any atom is -0.356 e. The van der Waals surface area contributed by atoms with Crippen molar-refractivity contribution in [1.29, 1.82) is 0 Å². The predicted octanol–water partition coefficient (Wildman–Crippen LogP) is 5.08. The summed E-state index contributed by atoms with van der Waals surface area (Å²) in [5, 5.41) is 3.44. The third kappa shape index (κ3) is 2.61. The lowest BCUT2D eigenvalue weighted by Crippen LogP contribution is -2.19. The number of benzene rings is 1. The van der Waals surface area contributed by atoms with Crippen LogP contribution in [0, 0.1) is 0 Å². The normalized spacial score (nSPS) is 15.0. The Balaban J connectivity index is 1.83. The average molecular weight is 323 g/mol. The summed E-state index contributed by atoms with van der Waals surface area (Å²) < 4.78 is 0. The quantitative estimate of drug-likeness (QED) is 0.673. The average Bonchev–Trinajstić information content (AvgIpc) is 3.24. The van der Waals surface area contributed by atoms with E-state index in [9.17, 15) is 0 Å². The third-order valence-electron chi connectivity index (χ3n) is 4.64. The van der Waals surface area contributed by atoms with Gasteiger partial charge in [-0.05, 0) is 29.9 Å². The molecule has 0 amide bonds. The lowest BCUT2D eigenvalue weighted by Gasteiger charge is -2.17. The molecule has 118 valence electrons. The molecule has 3 aromatic rings. The van der Waals surface area contributed by atoms with E-state index in [1.165, 1.54) is 34.9 Å². The molecule has 0 N–H and O–H groups in total. The molecule has 1 aliphatic heterocycles. The van der Waals surface area contributed by atoms with Gasteiger partial charge in [0.2, 0.25) is 0 Å². The molecule has 3 heterocycles. The molecule has 1 saturated heterocycles. The van der Waals surface area contributed by atoms with Gasteiger partial charge in [-0.1, -0.05) is 38.1 Å². The molecule has 0 unspecified atom stereocenters. The number of fused-ring (bicyclic) bond motifs is 1. The Morgan fingerprint density at radius 2 is 1.78 bits per heavy atom. The maximum absolute atomic E-state index is 4.61. The molecule has 1 aliphatic rings. The number of anilines is 1. The summed E-state index contributed by atoms with van der Waals surface area (Å²) in [6, 6.07) is 8.95. The van der Waals surface area contributed by atoms with Crippen molar-refractivity contribution < 1.29 is 0 Å². The number of nitrogens with zero attached hydrogens (tertiary/aromatic N) is 3. The molecule has 0 bridgehead atoms. The van der Waals surface area contributed by atoms with Gasteiger partial charge in [-0.15, -0.1) is 11.3 Å². The summed E-state index contributed by atoms with van der Waals surface area (Å²) in [7, 11) is 0. The highest BCUT2D eigenvalue weighted by atomic mass is 32.1. The summed E-state index contributed by atoms with van der Waals surface area (Å²) in [6.07, 6.45) is 4.22. The van der Waals surface area contributed by atoms with Crippen LogP contribution in [0.15, 0.2) is 36.0 Å². The van der Waals surface area contributed by atoms with Crippen LogP contribution in [0.1, 0.15) is 38.2 Å². The number of aromatic nitrogens is 2. The molecule has 4 heteroatoms. The topological polar surface area (TPSA) is 29.0 Å². The van der Waals surface area contributed by atoms with Crippen LogP contribution in [0.5, 0.6) is 0 Å². The third-order valence-corrected chi connectivity index (χ3v) is 5.53. The molecule has 0 atom stereocenters. The van der Waals surface area contributed by atoms with Gasteiger partial charge in [0.25, 0.3) is 0 Å². The molecule has 0 aliphatic carbocycles. The van der Waals surface area contributed by atoms with Crippen LogP contribution in [0.3, 0.4) is 0 Å². The van der Waals surface area contributed by atoms with Crippen molar-refractivity contribution in [3.63, 3.8) is 0 Å². The van der Waals surface area contributed by atoms with Crippen LogP contribution < -0.4 is 4.90 Å². The van der Waals surface area contributed by atoms with E-state index < -0.39 is 0 Å². The van der Waals surface area contributed by atoms with Crippen LogP contribution in [-0.4, -0.2) is 23.1 Å². The van der Waals surface area contributed by atoms with E-state index in [0.717, 1.165) is 23.7 Å². The lowest BCUT2D eigenvalue weighted by molar-refractivity contribution is 0.867. The van der Waals surface area contributed by atoms with Crippen molar-refractivity contribution in [2.24, 2.45) is 0 Å². The van der Waals surface area contributed by atoms with E-state index in [-0.39, 0.29) is 0 Å². The molecule has 0 saturated carbocycles. The van der Waals surface area contributed by atoms with Crippen molar-refractivity contribution in [2.45, 2.75) is 32.6 Å². The van der Waals surface area contributed by atoms with Crippen molar-refractivity contribution in [3.05, 3.63) is 41.5 Å². The summed E-state index contributed by atoms with van der Waals surface area (Å²) in [6.45, 7) is 6.67. The summed E-state index contributed by atoms with van der Waals surface area (Å²) in [5.41, 5.74) is 3.91. The Hall–Kier alpha value is -1.94. The Morgan fingerprint density at radius 3 is 2.48 bits per heavy atom. The molecular weight excluding hydrogens is 302 g/mol. The monoisotopic (exact) mass is 323 g/mol. The fourth-order valence-corrected chi connectivity index (χ4v) is 4.20. The standard InChI is InChI=1S/C19H21N3S/c1-13(2)14-5-7-15(8-6-14)16-11-23-19-17(16)18(20-12-21-19)22-9-3-4-10-22/h5-8,11-13H,3-4,9-10H2,1-2H3. The Kier molecular flexibility index (Phi) is 3.77. The SMILES string of the molecule is CC(C)c1ccc(-c2csc3ncnc(N4CCCC4)c23)cc1. The van der Waals surface area contributed by atoms with Gasteiger partial charge in [0.15, 0.2) is 0 Å². The highest BCUT2D eigenvalue weighted by Gasteiger charge is 2.20. The highest BCUT2D eigenvalue weighted by molar-refractivity contribution is 7.17. The van der Waals surface area contributed by atoms with E-state index in [4.69, 9.17) is 0 Å². The zero-order valence-electron chi connectivity index (χ0n) is 13.6.